The Morgan fingerprint density at radius 1 is 1.29 bits per heavy atom. The van der Waals surface area contributed by atoms with E-state index >= 15 is 0 Å². The molecule has 3 N–H and O–H groups in total. The maximum atomic E-state index is 11.2. The molecule has 1 aromatic carbocycles. The highest BCUT2D eigenvalue weighted by atomic mass is 16.4. The molecule has 0 aliphatic heterocycles. The van der Waals surface area contributed by atoms with E-state index < -0.39 is 5.97 Å². The highest BCUT2D eigenvalue weighted by Gasteiger charge is 2.13. The molecule has 106 valence electrons. The number of aromatic amines is 2. The molecule has 0 aliphatic carbocycles. The number of rotatable bonds is 3. The van der Waals surface area contributed by atoms with Gasteiger partial charge < -0.3 is 15.1 Å². The van der Waals surface area contributed by atoms with E-state index in [9.17, 15) is 9.59 Å². The van der Waals surface area contributed by atoms with Gasteiger partial charge in [-0.05, 0) is 12.1 Å². The summed E-state index contributed by atoms with van der Waals surface area (Å²) in [5.74, 6) is -1.07. The molecule has 0 saturated heterocycles. The summed E-state index contributed by atoms with van der Waals surface area (Å²) in [6, 6.07) is 8.93. The molecule has 0 radical (unpaired) electrons. The predicted octanol–water partition coefficient (Wildman–Crippen LogP) is 1.47. The van der Waals surface area contributed by atoms with Crippen LogP contribution < -0.4 is 5.69 Å². The average Bonchev–Trinajstić information content (AvgIpc) is 3.05. The number of nitrogens with zero attached hydrogens (tertiary/aromatic N) is 2. The first-order valence-corrected chi connectivity index (χ1v) is 6.20. The average molecular weight is 284 g/mol. The van der Waals surface area contributed by atoms with Gasteiger partial charge in [0.2, 0.25) is 0 Å². The fourth-order valence-corrected chi connectivity index (χ4v) is 2.18. The van der Waals surface area contributed by atoms with E-state index in [0.29, 0.717) is 11.4 Å². The second-order valence-electron chi connectivity index (χ2n) is 4.58. The van der Waals surface area contributed by atoms with Crippen molar-refractivity contribution in [3.05, 3.63) is 52.7 Å². The first kappa shape index (κ1) is 12.9. The molecule has 0 fully saturated rings. The molecule has 0 unspecified atom stereocenters. The van der Waals surface area contributed by atoms with Crippen LogP contribution in [-0.4, -0.2) is 30.8 Å². The van der Waals surface area contributed by atoms with Gasteiger partial charge in [-0.3, -0.25) is 4.68 Å². The van der Waals surface area contributed by atoms with Crippen LogP contribution in [0.3, 0.4) is 0 Å². The minimum atomic E-state index is -1.07. The standard InChI is InChI=1S/C14H12N4O3/c1-18-12(6-10(17-18)13(19)20)9-4-2-3-8(5-9)11-7-15-14(21)16-11/h2-7H,1H3,(H,19,20)(H2,15,16,21). The molecule has 0 amide bonds. The summed E-state index contributed by atoms with van der Waals surface area (Å²) in [4.78, 5) is 27.4. The molecule has 0 spiro atoms. The lowest BCUT2D eigenvalue weighted by atomic mass is 10.1. The Balaban J connectivity index is 2.08. The third-order valence-corrected chi connectivity index (χ3v) is 3.16. The van der Waals surface area contributed by atoms with Crippen molar-refractivity contribution >= 4 is 5.97 Å². The molecule has 0 aliphatic rings. The monoisotopic (exact) mass is 284 g/mol. The van der Waals surface area contributed by atoms with Gasteiger partial charge in [-0.2, -0.15) is 5.10 Å². The van der Waals surface area contributed by atoms with Gasteiger partial charge in [0.1, 0.15) is 0 Å². The molecule has 2 heterocycles. The van der Waals surface area contributed by atoms with E-state index in [2.05, 4.69) is 15.1 Å². The molecule has 2 aromatic heterocycles. The zero-order chi connectivity index (χ0) is 15.0. The highest BCUT2D eigenvalue weighted by molar-refractivity contribution is 5.87. The number of nitrogens with one attached hydrogen (secondary N) is 2. The zero-order valence-corrected chi connectivity index (χ0v) is 11.1. The molecule has 3 rings (SSSR count). The van der Waals surface area contributed by atoms with Crippen LogP contribution in [0, 0.1) is 0 Å². The summed E-state index contributed by atoms with van der Waals surface area (Å²) in [5.41, 5.74) is 2.72. The molecule has 7 nitrogen and oxygen atoms in total. The number of H-pyrrole nitrogens is 2. The fourth-order valence-electron chi connectivity index (χ4n) is 2.18. The molecular weight excluding hydrogens is 272 g/mol. The number of carboxylic acids is 1. The molecule has 3 aromatic rings. The number of hydrogen-bond acceptors (Lipinski definition) is 3. The lowest BCUT2D eigenvalue weighted by Gasteiger charge is -2.04. The smallest absolute Gasteiger partial charge is 0.356 e. The number of benzene rings is 1. The van der Waals surface area contributed by atoms with E-state index in [1.165, 1.54) is 10.7 Å². The predicted molar refractivity (Wildman–Crippen MR) is 76.0 cm³/mol. The van der Waals surface area contributed by atoms with Gasteiger partial charge in [0.15, 0.2) is 5.69 Å². The zero-order valence-electron chi connectivity index (χ0n) is 11.1. The molecule has 0 saturated carbocycles. The largest absolute Gasteiger partial charge is 0.476 e. The fraction of sp³-hybridized carbons (Fsp3) is 0.0714. The first-order valence-electron chi connectivity index (χ1n) is 6.20. The maximum Gasteiger partial charge on any atom is 0.356 e. The van der Waals surface area contributed by atoms with Crippen LogP contribution in [0.25, 0.3) is 22.5 Å². The molecular formula is C14H12N4O3. The Morgan fingerprint density at radius 3 is 2.67 bits per heavy atom. The van der Waals surface area contributed by atoms with Gasteiger partial charge >= 0.3 is 11.7 Å². The van der Waals surface area contributed by atoms with E-state index in [0.717, 1.165) is 11.1 Å². The summed E-state index contributed by atoms with van der Waals surface area (Å²) >= 11 is 0. The summed E-state index contributed by atoms with van der Waals surface area (Å²) in [7, 11) is 1.69. The normalized spacial score (nSPS) is 10.7. The van der Waals surface area contributed by atoms with Crippen molar-refractivity contribution in [2.24, 2.45) is 7.05 Å². The summed E-state index contributed by atoms with van der Waals surface area (Å²) in [6.07, 6.45) is 1.59. The van der Waals surface area contributed by atoms with Gasteiger partial charge in [-0.15, -0.1) is 0 Å². The van der Waals surface area contributed by atoms with Crippen LogP contribution in [0.2, 0.25) is 0 Å². The van der Waals surface area contributed by atoms with Gasteiger partial charge in [-0.25, -0.2) is 9.59 Å². The topological polar surface area (TPSA) is 104 Å². The van der Waals surface area contributed by atoms with Crippen molar-refractivity contribution in [1.29, 1.82) is 0 Å². The van der Waals surface area contributed by atoms with Crippen molar-refractivity contribution in [3.8, 4) is 22.5 Å². The summed E-state index contributed by atoms with van der Waals surface area (Å²) < 4.78 is 1.52. The van der Waals surface area contributed by atoms with E-state index in [1.807, 2.05) is 24.3 Å². The Labute approximate surface area is 118 Å². The Morgan fingerprint density at radius 2 is 2.05 bits per heavy atom. The molecule has 21 heavy (non-hydrogen) atoms. The van der Waals surface area contributed by atoms with Crippen molar-refractivity contribution < 1.29 is 9.90 Å². The lowest BCUT2D eigenvalue weighted by Crippen LogP contribution is -2.00. The van der Waals surface area contributed by atoms with Crippen molar-refractivity contribution in [3.63, 3.8) is 0 Å². The SMILES string of the molecule is Cn1nc(C(=O)O)cc1-c1cccc(-c2c[nH]c(=O)[nH]2)c1. The number of carboxylic acid groups (broad SMARTS) is 1. The van der Waals surface area contributed by atoms with Crippen LogP contribution in [0.5, 0.6) is 0 Å². The highest BCUT2D eigenvalue weighted by Crippen LogP contribution is 2.25. The van der Waals surface area contributed by atoms with Gasteiger partial charge in [0.05, 0.1) is 11.4 Å². The van der Waals surface area contributed by atoms with Crippen LogP contribution in [0.15, 0.2) is 41.3 Å². The van der Waals surface area contributed by atoms with Crippen molar-refractivity contribution in [1.82, 2.24) is 19.7 Å². The van der Waals surface area contributed by atoms with Crippen molar-refractivity contribution in [2.45, 2.75) is 0 Å². The van der Waals surface area contributed by atoms with E-state index in [-0.39, 0.29) is 11.4 Å². The van der Waals surface area contributed by atoms with Crippen molar-refractivity contribution in [2.75, 3.05) is 0 Å². The summed E-state index contributed by atoms with van der Waals surface area (Å²) in [5, 5.41) is 12.9. The third kappa shape index (κ3) is 2.36. The Kier molecular flexibility index (Phi) is 2.94. The first-order chi connectivity index (χ1) is 10.0. The lowest BCUT2D eigenvalue weighted by molar-refractivity contribution is 0.0689. The molecule has 0 atom stereocenters. The number of carbonyl (C=O) groups is 1. The second-order valence-corrected chi connectivity index (χ2v) is 4.58. The Hall–Kier alpha value is -3.09. The van der Waals surface area contributed by atoms with Crippen LogP contribution in [-0.2, 0) is 7.05 Å². The second kappa shape index (κ2) is 4.78. The van der Waals surface area contributed by atoms with Gasteiger partial charge in [0.25, 0.3) is 0 Å². The number of hydrogen-bond donors (Lipinski definition) is 3. The number of aryl methyl sites for hydroxylation is 1. The quantitative estimate of drug-likeness (QED) is 0.677. The van der Waals surface area contributed by atoms with Gasteiger partial charge in [0, 0.05) is 24.4 Å². The Bertz CT molecular complexity index is 872. The van der Waals surface area contributed by atoms with Crippen LogP contribution in [0.1, 0.15) is 10.5 Å². The van der Waals surface area contributed by atoms with Gasteiger partial charge in [-0.1, -0.05) is 18.2 Å². The van der Waals surface area contributed by atoms with Crippen LogP contribution in [0.4, 0.5) is 0 Å². The van der Waals surface area contributed by atoms with E-state index in [4.69, 9.17) is 5.11 Å². The maximum absolute atomic E-state index is 11.2. The third-order valence-electron chi connectivity index (χ3n) is 3.16. The number of aromatic nitrogens is 4. The minimum Gasteiger partial charge on any atom is -0.476 e. The van der Waals surface area contributed by atoms with E-state index in [1.54, 1.807) is 13.2 Å². The number of aromatic carboxylic acids is 1. The summed E-state index contributed by atoms with van der Waals surface area (Å²) in [6.45, 7) is 0. The minimum absolute atomic E-state index is 0.00652. The molecule has 7 heteroatoms. The van der Waals surface area contributed by atoms with Crippen LogP contribution >= 0.6 is 0 Å². The number of imidazole rings is 1. The molecule has 0 bridgehead atoms.